The molecule has 14 heavy (non-hydrogen) atoms. The molecule has 0 aromatic rings. The molecule has 1 aliphatic rings. The largest absolute Gasteiger partial charge is 0.370 e. The van der Waals surface area contributed by atoms with Crippen LogP contribution in [0.5, 0.6) is 0 Å². The smallest absolute Gasteiger partial charge is 0.217 e. The lowest BCUT2D eigenvalue weighted by molar-refractivity contribution is -0.119. The van der Waals surface area contributed by atoms with E-state index in [0.717, 1.165) is 31.8 Å². The number of carbonyl (C=O) groups excluding carboxylic acids is 1. The molecule has 0 aliphatic carbocycles. The topological polar surface area (TPSA) is 46.3 Å². The molecule has 1 aliphatic heterocycles. The Labute approximate surface area is 86.6 Å². The van der Waals surface area contributed by atoms with Gasteiger partial charge in [0.1, 0.15) is 0 Å². The summed E-state index contributed by atoms with van der Waals surface area (Å²) in [4.78, 5) is 13.2. The number of nitrogens with two attached hydrogens (primary N) is 1. The molecular formula is C11H22N2O. The van der Waals surface area contributed by atoms with Crippen LogP contribution in [-0.4, -0.2) is 30.4 Å². The summed E-state index contributed by atoms with van der Waals surface area (Å²) in [6.07, 6.45) is 2.85. The van der Waals surface area contributed by atoms with Crippen molar-refractivity contribution in [2.24, 2.45) is 17.6 Å². The number of amides is 1. The number of piperidine rings is 1. The average Bonchev–Trinajstić information content (AvgIpc) is 2.06. The first-order chi connectivity index (χ1) is 6.58. The molecule has 0 spiro atoms. The number of hydrogen-bond donors (Lipinski definition) is 1. The van der Waals surface area contributed by atoms with Gasteiger partial charge >= 0.3 is 0 Å². The molecule has 0 radical (unpaired) electrons. The van der Waals surface area contributed by atoms with Gasteiger partial charge in [0.25, 0.3) is 0 Å². The quantitative estimate of drug-likeness (QED) is 0.738. The number of likely N-dealkylation sites (tertiary alicyclic amines) is 1. The molecule has 3 nitrogen and oxygen atoms in total. The van der Waals surface area contributed by atoms with Crippen LogP contribution in [0.2, 0.25) is 0 Å². The third kappa shape index (κ3) is 4.09. The maximum Gasteiger partial charge on any atom is 0.217 e. The van der Waals surface area contributed by atoms with Gasteiger partial charge in [0.05, 0.1) is 0 Å². The third-order valence-corrected chi connectivity index (χ3v) is 2.82. The highest BCUT2D eigenvalue weighted by Crippen LogP contribution is 2.20. The van der Waals surface area contributed by atoms with Gasteiger partial charge in [-0.05, 0) is 37.8 Å². The first kappa shape index (κ1) is 11.5. The highest BCUT2D eigenvalue weighted by molar-refractivity contribution is 5.73. The van der Waals surface area contributed by atoms with Gasteiger partial charge in [-0.15, -0.1) is 0 Å². The Kier molecular flexibility index (Phi) is 4.39. The van der Waals surface area contributed by atoms with E-state index in [-0.39, 0.29) is 5.91 Å². The van der Waals surface area contributed by atoms with Crippen LogP contribution in [0.15, 0.2) is 0 Å². The lowest BCUT2D eigenvalue weighted by Crippen LogP contribution is -2.37. The molecule has 1 amide bonds. The Morgan fingerprint density at radius 1 is 1.43 bits per heavy atom. The zero-order chi connectivity index (χ0) is 10.6. The van der Waals surface area contributed by atoms with Crippen molar-refractivity contribution >= 4 is 5.91 Å². The number of hydrogen-bond acceptors (Lipinski definition) is 2. The SMILES string of the molecule is CC(C)CN1CCC(CC(N)=O)CC1. The van der Waals surface area contributed by atoms with Crippen LogP contribution in [0, 0.1) is 11.8 Å². The van der Waals surface area contributed by atoms with E-state index in [1.165, 1.54) is 6.54 Å². The summed E-state index contributed by atoms with van der Waals surface area (Å²) >= 11 is 0. The highest BCUT2D eigenvalue weighted by Gasteiger charge is 2.20. The fourth-order valence-corrected chi connectivity index (χ4v) is 2.17. The first-order valence-electron chi connectivity index (χ1n) is 5.58. The summed E-state index contributed by atoms with van der Waals surface area (Å²) in [7, 11) is 0. The minimum atomic E-state index is -0.146. The van der Waals surface area contributed by atoms with E-state index >= 15 is 0 Å². The van der Waals surface area contributed by atoms with E-state index in [9.17, 15) is 4.79 Å². The van der Waals surface area contributed by atoms with Crippen LogP contribution >= 0.6 is 0 Å². The van der Waals surface area contributed by atoms with Crippen LogP contribution in [-0.2, 0) is 4.79 Å². The molecule has 1 rings (SSSR count). The molecule has 3 heteroatoms. The molecule has 0 saturated carbocycles. The summed E-state index contributed by atoms with van der Waals surface area (Å²) in [5, 5.41) is 0. The minimum Gasteiger partial charge on any atom is -0.370 e. The molecule has 0 aromatic heterocycles. The second kappa shape index (κ2) is 5.35. The Morgan fingerprint density at radius 2 is 2.00 bits per heavy atom. The van der Waals surface area contributed by atoms with Crippen molar-refractivity contribution in [2.75, 3.05) is 19.6 Å². The average molecular weight is 198 g/mol. The molecule has 1 heterocycles. The van der Waals surface area contributed by atoms with E-state index in [1.807, 2.05) is 0 Å². The zero-order valence-electron chi connectivity index (χ0n) is 9.33. The van der Waals surface area contributed by atoms with Crippen LogP contribution < -0.4 is 5.73 Å². The number of carbonyl (C=O) groups is 1. The predicted molar refractivity (Wildman–Crippen MR) is 57.8 cm³/mol. The zero-order valence-corrected chi connectivity index (χ0v) is 9.33. The molecular weight excluding hydrogens is 176 g/mol. The first-order valence-corrected chi connectivity index (χ1v) is 5.58. The summed E-state index contributed by atoms with van der Waals surface area (Å²) in [5.74, 6) is 1.13. The highest BCUT2D eigenvalue weighted by atomic mass is 16.1. The van der Waals surface area contributed by atoms with Crippen molar-refractivity contribution in [1.29, 1.82) is 0 Å². The van der Waals surface area contributed by atoms with Crippen LogP contribution in [0.25, 0.3) is 0 Å². The van der Waals surface area contributed by atoms with Crippen LogP contribution in [0.1, 0.15) is 33.1 Å². The van der Waals surface area contributed by atoms with Gasteiger partial charge in [0.2, 0.25) is 5.91 Å². The van der Waals surface area contributed by atoms with Crippen LogP contribution in [0.4, 0.5) is 0 Å². The second-order valence-electron chi connectivity index (χ2n) is 4.81. The minimum absolute atomic E-state index is 0.146. The van der Waals surface area contributed by atoms with Gasteiger partial charge in [-0.1, -0.05) is 13.8 Å². The summed E-state index contributed by atoms with van der Waals surface area (Å²) < 4.78 is 0. The van der Waals surface area contributed by atoms with E-state index in [4.69, 9.17) is 5.73 Å². The molecule has 1 saturated heterocycles. The molecule has 0 aromatic carbocycles. The van der Waals surface area contributed by atoms with Crippen molar-refractivity contribution in [3.8, 4) is 0 Å². The number of rotatable bonds is 4. The van der Waals surface area contributed by atoms with Gasteiger partial charge in [0.15, 0.2) is 0 Å². The normalized spacial score (nSPS) is 20.2. The van der Waals surface area contributed by atoms with Gasteiger partial charge < -0.3 is 10.6 Å². The maximum atomic E-state index is 10.7. The molecule has 0 atom stereocenters. The molecule has 1 fully saturated rings. The molecule has 82 valence electrons. The lowest BCUT2D eigenvalue weighted by Gasteiger charge is -2.32. The maximum absolute atomic E-state index is 10.7. The standard InChI is InChI=1S/C11H22N2O/c1-9(2)8-13-5-3-10(4-6-13)7-11(12)14/h9-10H,3-8H2,1-2H3,(H2,12,14). The van der Waals surface area contributed by atoms with Crippen molar-refractivity contribution < 1.29 is 4.79 Å². The molecule has 2 N–H and O–H groups in total. The Hall–Kier alpha value is -0.570. The van der Waals surface area contributed by atoms with Gasteiger partial charge in [-0.2, -0.15) is 0 Å². The van der Waals surface area contributed by atoms with E-state index in [2.05, 4.69) is 18.7 Å². The monoisotopic (exact) mass is 198 g/mol. The molecule has 0 bridgehead atoms. The van der Waals surface area contributed by atoms with Gasteiger partial charge in [-0.3, -0.25) is 4.79 Å². The van der Waals surface area contributed by atoms with E-state index < -0.39 is 0 Å². The summed E-state index contributed by atoms with van der Waals surface area (Å²) in [6.45, 7) is 7.94. The Balaban J connectivity index is 2.21. The summed E-state index contributed by atoms with van der Waals surface area (Å²) in [5.41, 5.74) is 5.19. The second-order valence-corrected chi connectivity index (χ2v) is 4.81. The van der Waals surface area contributed by atoms with Crippen LogP contribution in [0.3, 0.4) is 0 Å². The Morgan fingerprint density at radius 3 is 2.43 bits per heavy atom. The van der Waals surface area contributed by atoms with E-state index in [0.29, 0.717) is 12.3 Å². The summed E-state index contributed by atoms with van der Waals surface area (Å²) in [6, 6.07) is 0. The van der Waals surface area contributed by atoms with Crippen molar-refractivity contribution in [3.05, 3.63) is 0 Å². The van der Waals surface area contributed by atoms with Gasteiger partial charge in [-0.25, -0.2) is 0 Å². The molecule has 0 unspecified atom stereocenters. The van der Waals surface area contributed by atoms with Gasteiger partial charge in [0, 0.05) is 13.0 Å². The third-order valence-electron chi connectivity index (χ3n) is 2.82. The Bertz CT molecular complexity index is 184. The van der Waals surface area contributed by atoms with Crippen molar-refractivity contribution in [3.63, 3.8) is 0 Å². The van der Waals surface area contributed by atoms with Crippen molar-refractivity contribution in [2.45, 2.75) is 33.1 Å². The van der Waals surface area contributed by atoms with E-state index in [1.54, 1.807) is 0 Å². The lowest BCUT2D eigenvalue weighted by atomic mass is 9.93. The van der Waals surface area contributed by atoms with Crippen molar-refractivity contribution in [1.82, 2.24) is 4.90 Å². The fourth-order valence-electron chi connectivity index (χ4n) is 2.17. The predicted octanol–water partition coefficient (Wildman–Crippen LogP) is 1.23. The fraction of sp³-hybridized carbons (Fsp3) is 0.909. The number of primary amides is 1. The number of nitrogens with zero attached hydrogens (tertiary/aromatic N) is 1.